The molecule has 3 unspecified atom stereocenters. The van der Waals surface area contributed by atoms with E-state index in [1.54, 1.807) is 67.5 Å². The number of hydrazone groups is 2. The van der Waals surface area contributed by atoms with Crippen molar-refractivity contribution in [3.8, 4) is 23.0 Å². The molecule has 4 aromatic rings. The van der Waals surface area contributed by atoms with Crippen molar-refractivity contribution in [2.75, 3.05) is 35.4 Å². The first-order valence-electron chi connectivity index (χ1n) is 15.7. The topological polar surface area (TPSA) is 104 Å². The smallest absolute Gasteiger partial charge is 0.497 e. The van der Waals surface area contributed by atoms with Crippen LogP contribution < -0.4 is 18.3 Å². The Balaban J connectivity index is 1.22. The molecule has 0 radical (unpaired) electrons. The van der Waals surface area contributed by atoms with E-state index in [-0.39, 0.29) is 6.16 Å². The van der Waals surface area contributed by atoms with E-state index < -0.39 is 28.7 Å². The fourth-order valence-electron chi connectivity index (χ4n) is 4.16. The number of allylic oxidation sites excluding steroid dienone is 1. The Morgan fingerprint density at radius 2 is 1.04 bits per heavy atom. The summed E-state index contributed by atoms with van der Waals surface area (Å²) in [4.78, 5) is 0. The van der Waals surface area contributed by atoms with Gasteiger partial charge >= 0.3 is 28.7 Å². The number of hydrogen-bond acceptors (Lipinski definition) is 12. The third kappa shape index (κ3) is 13.7. The molecular weight excluding hydrogens is 809 g/mol. The lowest BCUT2D eigenvalue weighted by molar-refractivity contribution is 0.275. The number of ether oxygens (including phenoxy) is 1. The second kappa shape index (κ2) is 20.8. The highest BCUT2D eigenvalue weighted by Gasteiger charge is 2.24. The molecule has 0 aliphatic heterocycles. The van der Waals surface area contributed by atoms with Crippen LogP contribution in [0.3, 0.4) is 0 Å². The molecule has 0 saturated carbocycles. The lowest BCUT2D eigenvalue weighted by atomic mass is 10.2. The summed E-state index contributed by atoms with van der Waals surface area (Å²) < 4.78 is 48.7. The highest BCUT2D eigenvalue weighted by atomic mass is 32.4. The molecular formula is C35H39N4O7P4S3+3. The normalized spacial score (nSPS) is 12.7. The first kappa shape index (κ1) is 42.2. The molecule has 0 bridgehead atoms. The molecule has 3 atom stereocenters. The van der Waals surface area contributed by atoms with Gasteiger partial charge in [-0.1, -0.05) is 33.8 Å². The summed E-state index contributed by atoms with van der Waals surface area (Å²) in [6.45, 7) is 0.754. The molecule has 0 N–H and O–H groups in total. The Bertz CT molecular complexity index is 2010. The minimum Gasteiger partial charge on any atom is -0.497 e. The van der Waals surface area contributed by atoms with Crippen molar-refractivity contribution in [1.82, 2.24) is 9.56 Å². The number of benzene rings is 4. The summed E-state index contributed by atoms with van der Waals surface area (Å²) >= 11 is 16.7. The van der Waals surface area contributed by atoms with E-state index in [0.29, 0.717) is 17.2 Å². The number of hydrogen-bond donors (Lipinski definition) is 0. The molecule has 0 amide bonds. The minimum atomic E-state index is -3.16. The summed E-state index contributed by atoms with van der Waals surface area (Å²) in [5, 5.41) is 9.89. The molecule has 4 rings (SSSR count). The second-order valence-electron chi connectivity index (χ2n) is 10.9. The van der Waals surface area contributed by atoms with E-state index in [4.69, 9.17) is 62.8 Å². The van der Waals surface area contributed by atoms with Gasteiger partial charge in [-0.05, 0) is 101 Å². The predicted molar refractivity (Wildman–Crippen MR) is 227 cm³/mol. The lowest BCUT2D eigenvalue weighted by Crippen LogP contribution is -2.04. The van der Waals surface area contributed by atoms with Gasteiger partial charge in [-0.3, -0.25) is 18.1 Å². The Hall–Kier alpha value is -3.53. The Kier molecular flexibility index (Phi) is 16.6. The van der Waals surface area contributed by atoms with Crippen LogP contribution in [0.2, 0.25) is 0 Å². The minimum absolute atomic E-state index is 0.159. The molecule has 11 nitrogen and oxygen atoms in total. The first-order chi connectivity index (χ1) is 25.4. The van der Waals surface area contributed by atoms with Gasteiger partial charge in [-0.15, -0.1) is 10.2 Å². The maximum atomic E-state index is 12.4. The van der Waals surface area contributed by atoms with E-state index in [0.717, 1.165) is 33.3 Å². The zero-order valence-electron chi connectivity index (χ0n) is 29.8. The van der Waals surface area contributed by atoms with Gasteiger partial charge in [0.2, 0.25) is 35.4 Å². The molecule has 0 fully saturated rings. The van der Waals surface area contributed by atoms with Crippen molar-refractivity contribution in [2.24, 2.45) is 10.2 Å². The Morgan fingerprint density at radius 3 is 1.47 bits per heavy atom. The molecule has 53 heavy (non-hydrogen) atoms. The van der Waals surface area contributed by atoms with Gasteiger partial charge in [0, 0.05) is 21.1 Å². The molecule has 0 aliphatic carbocycles. The Morgan fingerprint density at radius 1 is 0.642 bits per heavy atom. The summed E-state index contributed by atoms with van der Waals surface area (Å²) in [5.74, 6) is 2.68. The van der Waals surface area contributed by atoms with Crippen molar-refractivity contribution in [2.45, 2.75) is 13.1 Å². The fraction of sp³-hybridized carbons (Fsp3) is 0.200. The molecule has 276 valence electrons. The maximum absolute atomic E-state index is 12.4. The van der Waals surface area contributed by atoms with E-state index in [2.05, 4.69) is 10.2 Å². The molecule has 0 heterocycles. The van der Waals surface area contributed by atoms with Crippen LogP contribution in [0.25, 0.3) is 6.08 Å². The van der Waals surface area contributed by atoms with Gasteiger partial charge in [0.1, 0.15) is 5.75 Å². The average Bonchev–Trinajstić information content (AvgIpc) is 3.17. The van der Waals surface area contributed by atoms with Gasteiger partial charge in [0.05, 0.1) is 39.8 Å². The van der Waals surface area contributed by atoms with E-state index in [9.17, 15) is 4.57 Å². The molecule has 18 heteroatoms. The van der Waals surface area contributed by atoms with E-state index in [1.807, 2.05) is 85.8 Å². The number of methoxy groups -OCH3 is 1. The van der Waals surface area contributed by atoms with Gasteiger partial charge < -0.3 is 13.8 Å². The fourth-order valence-corrected chi connectivity index (χ4v) is 8.23. The zero-order chi connectivity index (χ0) is 38.4. The monoisotopic (exact) mass is 847 g/mol. The van der Waals surface area contributed by atoms with Crippen molar-refractivity contribution < 1.29 is 31.9 Å². The van der Waals surface area contributed by atoms with E-state index >= 15 is 0 Å². The van der Waals surface area contributed by atoms with Crippen molar-refractivity contribution in [3.05, 3.63) is 125 Å². The average molecular weight is 848 g/mol. The molecule has 0 aromatic heterocycles. The van der Waals surface area contributed by atoms with Crippen molar-refractivity contribution in [3.63, 3.8) is 0 Å². The van der Waals surface area contributed by atoms with Crippen LogP contribution in [-0.4, -0.2) is 57.4 Å². The van der Waals surface area contributed by atoms with Crippen molar-refractivity contribution >= 4 is 82.6 Å². The first-order valence-corrected chi connectivity index (χ1v) is 24.2. The molecule has 0 aliphatic rings. The third-order valence-electron chi connectivity index (χ3n) is 7.17. The number of rotatable bonds is 19. The van der Waals surface area contributed by atoms with Gasteiger partial charge in [-0.2, -0.15) is 0 Å². The van der Waals surface area contributed by atoms with Crippen LogP contribution in [-0.2, 0) is 55.2 Å². The SMILES string of the molecule is COc1ccc(/C=C(\C)[P+](=S)Oc2ccc(/C=N/N(C)[P+](=S)Oc3ccc(/C=N/N(C)[P+](=S)Oc4ccc(CP(=O)(OC)OC)cc4)cc3)cc2)cc1. The summed E-state index contributed by atoms with van der Waals surface area (Å²) in [6, 6.07) is 29.8. The van der Waals surface area contributed by atoms with Crippen LogP contribution >= 0.6 is 28.7 Å². The van der Waals surface area contributed by atoms with Crippen LogP contribution in [0, 0.1) is 0 Å². The van der Waals surface area contributed by atoms with Gasteiger partial charge in [0.15, 0.2) is 22.6 Å². The quantitative estimate of drug-likeness (QED) is 0.0510. The molecule has 0 spiro atoms. The Labute approximate surface area is 328 Å². The maximum Gasteiger partial charge on any atom is 0.540 e. The number of nitrogens with zero attached hydrogens (tertiary/aromatic N) is 4. The second-order valence-corrected chi connectivity index (χ2v) is 20.0. The van der Waals surface area contributed by atoms with Gasteiger partial charge in [0.25, 0.3) is 0 Å². The summed E-state index contributed by atoms with van der Waals surface area (Å²) in [7, 11) is 1.80. The predicted octanol–water partition coefficient (Wildman–Crippen LogP) is 10.2. The van der Waals surface area contributed by atoms with Crippen LogP contribution in [0.15, 0.2) is 113 Å². The molecule has 4 aromatic carbocycles. The molecule has 0 saturated heterocycles. The van der Waals surface area contributed by atoms with Crippen LogP contribution in [0.1, 0.15) is 29.2 Å². The highest BCUT2D eigenvalue weighted by molar-refractivity contribution is 8.05. The van der Waals surface area contributed by atoms with Crippen molar-refractivity contribution in [1.29, 1.82) is 0 Å². The zero-order valence-corrected chi connectivity index (χ0v) is 35.9. The van der Waals surface area contributed by atoms with E-state index in [1.165, 1.54) is 14.2 Å². The standard InChI is InChI=1S/C35H39N4O7P4S3/c1-27(23-28-7-15-32(41-4)16-8-28)47(51)44-33-17-9-29(10-18-33)24-36-38(2)48(52)45-34-19-11-30(12-20-34)25-37-39(3)49(53)46-35-21-13-31(14-22-35)26-50(40,42-5)43-6/h7-25H,26H2,1-6H3/q+3/b27-23+,36-24+,37-25+. The largest absolute Gasteiger partial charge is 0.540 e. The van der Waals surface area contributed by atoms with Gasteiger partial charge in [-0.25, -0.2) is 0 Å². The lowest BCUT2D eigenvalue weighted by Gasteiger charge is -2.13. The third-order valence-corrected chi connectivity index (χ3v) is 15.0. The van der Waals surface area contributed by atoms with Crippen LogP contribution in [0.5, 0.6) is 23.0 Å². The summed E-state index contributed by atoms with van der Waals surface area (Å²) in [5.41, 5.74) is 3.54. The summed E-state index contributed by atoms with van der Waals surface area (Å²) in [6.07, 6.45) is 5.59. The van der Waals surface area contributed by atoms with Crippen LogP contribution in [0.4, 0.5) is 0 Å². The highest BCUT2D eigenvalue weighted by Crippen LogP contribution is 2.50.